The van der Waals surface area contributed by atoms with Crippen LogP contribution in [0.1, 0.15) is 11.3 Å². The number of benzene rings is 2. The number of rotatable bonds is 5. The van der Waals surface area contributed by atoms with Gasteiger partial charge in [0, 0.05) is 12.7 Å². The lowest BCUT2D eigenvalue weighted by molar-refractivity contribution is 0.390. The third-order valence-electron chi connectivity index (χ3n) is 4.95. The summed E-state index contributed by atoms with van der Waals surface area (Å²) in [7, 11) is 3.08. The topological polar surface area (TPSA) is 65.0 Å². The molecule has 156 valence electrons. The average Bonchev–Trinajstić information content (AvgIpc) is 3.15. The molecule has 0 fully saturated rings. The Bertz CT molecular complexity index is 1100. The summed E-state index contributed by atoms with van der Waals surface area (Å²) in [4.78, 5) is 6.42. The van der Waals surface area contributed by atoms with Crippen molar-refractivity contribution in [2.24, 2.45) is 10.7 Å². The third kappa shape index (κ3) is 3.41. The van der Waals surface area contributed by atoms with Crippen LogP contribution in [0.5, 0.6) is 11.5 Å². The second kappa shape index (κ2) is 8.41. The number of hydrogen-bond acceptors (Lipinski definition) is 5. The van der Waals surface area contributed by atoms with E-state index < -0.39 is 0 Å². The van der Waals surface area contributed by atoms with Gasteiger partial charge in [-0.2, -0.15) is 0 Å². The zero-order valence-electron chi connectivity index (χ0n) is 16.3. The fraction of sp³-hybridized carbons (Fsp3) is 0.190. The molecule has 1 aromatic heterocycles. The third-order valence-corrected chi connectivity index (χ3v) is 6.37. The Morgan fingerprint density at radius 3 is 2.30 bits per heavy atom. The first-order valence-electron chi connectivity index (χ1n) is 9.07. The molecule has 9 heteroatoms. The molecule has 2 N–H and O–H groups in total. The lowest BCUT2D eigenvalue weighted by atomic mass is 10.2. The summed E-state index contributed by atoms with van der Waals surface area (Å²) in [5.74, 6) is 1.33. The minimum atomic E-state index is 0.265. The molecular formula is C21H19BrCl2N4O2. The van der Waals surface area contributed by atoms with Crippen LogP contribution in [-0.2, 0) is 6.54 Å². The largest absolute Gasteiger partial charge is 0.494 e. The Balaban J connectivity index is 1.85. The van der Waals surface area contributed by atoms with E-state index in [0.29, 0.717) is 44.1 Å². The van der Waals surface area contributed by atoms with E-state index >= 15 is 0 Å². The molecule has 1 aliphatic rings. The van der Waals surface area contributed by atoms with Crippen LogP contribution in [0.15, 0.2) is 52.1 Å². The van der Waals surface area contributed by atoms with Gasteiger partial charge in [-0.15, -0.1) is 0 Å². The van der Waals surface area contributed by atoms with E-state index in [0.717, 1.165) is 16.9 Å². The quantitative estimate of drug-likeness (QED) is 0.497. The van der Waals surface area contributed by atoms with Crippen LogP contribution in [0.4, 0.5) is 11.4 Å². The van der Waals surface area contributed by atoms with Crippen LogP contribution in [-0.4, -0.2) is 31.3 Å². The van der Waals surface area contributed by atoms with E-state index in [1.54, 1.807) is 0 Å². The predicted octanol–water partition coefficient (Wildman–Crippen LogP) is 5.44. The first kappa shape index (κ1) is 20.9. The van der Waals surface area contributed by atoms with E-state index in [1.807, 2.05) is 35.4 Å². The van der Waals surface area contributed by atoms with Crippen LogP contribution in [0, 0.1) is 0 Å². The minimum absolute atomic E-state index is 0.265. The highest BCUT2D eigenvalue weighted by Gasteiger charge is 2.31. The van der Waals surface area contributed by atoms with Crippen molar-refractivity contribution in [1.82, 2.24) is 4.57 Å². The summed E-state index contributed by atoms with van der Waals surface area (Å²) in [6.07, 6.45) is 1.98. The molecule has 0 amide bonds. The fourth-order valence-electron chi connectivity index (χ4n) is 3.56. The second-order valence-electron chi connectivity index (χ2n) is 6.63. The van der Waals surface area contributed by atoms with Gasteiger partial charge in [0.15, 0.2) is 11.5 Å². The Kier molecular flexibility index (Phi) is 5.86. The molecule has 30 heavy (non-hydrogen) atoms. The molecule has 0 spiro atoms. The van der Waals surface area contributed by atoms with Gasteiger partial charge in [0.25, 0.3) is 0 Å². The number of methoxy groups -OCH3 is 2. The Morgan fingerprint density at radius 2 is 1.70 bits per heavy atom. The highest BCUT2D eigenvalue weighted by atomic mass is 79.9. The maximum absolute atomic E-state index is 6.70. The summed E-state index contributed by atoms with van der Waals surface area (Å²) in [6.45, 7) is 0.927. The molecule has 2 aromatic carbocycles. The van der Waals surface area contributed by atoms with Gasteiger partial charge >= 0.3 is 0 Å². The Labute approximate surface area is 192 Å². The molecule has 4 rings (SSSR count). The number of nitrogens with two attached hydrogens (primary N) is 1. The van der Waals surface area contributed by atoms with E-state index in [1.165, 1.54) is 14.2 Å². The highest BCUT2D eigenvalue weighted by Crippen LogP contribution is 2.53. The number of nitrogens with zero attached hydrogens (tertiary/aromatic N) is 3. The first-order chi connectivity index (χ1) is 14.5. The molecule has 6 nitrogen and oxygen atoms in total. The van der Waals surface area contributed by atoms with Crippen LogP contribution in [0.25, 0.3) is 0 Å². The van der Waals surface area contributed by atoms with Crippen LogP contribution < -0.4 is 20.1 Å². The van der Waals surface area contributed by atoms with Gasteiger partial charge < -0.3 is 24.7 Å². The molecule has 2 heterocycles. The first-order valence-corrected chi connectivity index (χ1v) is 10.6. The molecule has 0 radical (unpaired) electrons. The van der Waals surface area contributed by atoms with Crippen molar-refractivity contribution in [1.29, 1.82) is 0 Å². The smallest absolute Gasteiger partial charge is 0.157 e. The van der Waals surface area contributed by atoms with Crippen molar-refractivity contribution in [2.45, 2.75) is 6.54 Å². The fourth-order valence-corrected chi connectivity index (χ4v) is 5.29. The molecular weight excluding hydrogens is 491 g/mol. The number of aliphatic imine (C=N–C) groups is 1. The number of aromatic nitrogens is 1. The Hall–Kier alpha value is -2.35. The van der Waals surface area contributed by atoms with E-state index in [2.05, 4.69) is 37.6 Å². The van der Waals surface area contributed by atoms with Crippen molar-refractivity contribution in [2.75, 3.05) is 25.8 Å². The standard InChI is InChI=1S/C21H19BrCl2N4O2/c1-29-19-14(22)20(30-2)16(24)18(15(19)23)28-11-26-21(25)17-13(28)8-9-27(17)10-12-6-4-3-5-7-12/h3-9H,10-11H2,1-2H3,(H2,25,26). The molecule has 0 saturated heterocycles. The zero-order chi connectivity index (χ0) is 21.4. The molecule has 0 saturated carbocycles. The monoisotopic (exact) mass is 508 g/mol. The van der Waals surface area contributed by atoms with Crippen LogP contribution >= 0.6 is 39.1 Å². The lowest BCUT2D eigenvalue weighted by Crippen LogP contribution is -2.31. The molecule has 0 unspecified atom stereocenters. The summed E-state index contributed by atoms with van der Waals surface area (Å²) in [5, 5.41) is 0.709. The molecule has 3 aromatic rings. The van der Waals surface area contributed by atoms with Crippen LogP contribution in [0.2, 0.25) is 10.0 Å². The number of hydrogen-bond donors (Lipinski definition) is 1. The van der Waals surface area contributed by atoms with E-state index in [9.17, 15) is 0 Å². The number of amidine groups is 1. The number of halogens is 3. The lowest BCUT2D eigenvalue weighted by Gasteiger charge is -2.30. The van der Waals surface area contributed by atoms with Gasteiger partial charge in [-0.3, -0.25) is 0 Å². The van der Waals surface area contributed by atoms with Gasteiger partial charge in [-0.05, 0) is 27.6 Å². The van der Waals surface area contributed by atoms with Gasteiger partial charge in [0.05, 0.1) is 25.6 Å². The van der Waals surface area contributed by atoms with Crippen LogP contribution in [0.3, 0.4) is 0 Å². The average molecular weight is 510 g/mol. The number of fused-ring (bicyclic) bond motifs is 1. The molecule has 0 atom stereocenters. The summed E-state index contributed by atoms with van der Waals surface area (Å²) in [6, 6.07) is 12.1. The maximum Gasteiger partial charge on any atom is 0.157 e. The van der Waals surface area contributed by atoms with E-state index in [4.69, 9.17) is 38.4 Å². The zero-order valence-corrected chi connectivity index (χ0v) is 19.4. The summed E-state index contributed by atoms with van der Waals surface area (Å²) >= 11 is 16.9. The molecule has 1 aliphatic heterocycles. The minimum Gasteiger partial charge on any atom is -0.494 e. The van der Waals surface area contributed by atoms with Gasteiger partial charge in [-0.1, -0.05) is 53.5 Å². The number of ether oxygens (including phenoxy) is 2. The summed E-state index contributed by atoms with van der Waals surface area (Å²) < 4.78 is 13.6. The Morgan fingerprint density at radius 1 is 1.07 bits per heavy atom. The van der Waals surface area contributed by atoms with E-state index in [-0.39, 0.29) is 6.67 Å². The van der Waals surface area contributed by atoms with Crippen molar-refractivity contribution >= 4 is 56.3 Å². The SMILES string of the molecule is COc1c(Cl)c(N2CN=C(N)c3c2ccn3Cc2ccccc2)c(Cl)c(OC)c1Br. The van der Waals surface area contributed by atoms with Gasteiger partial charge in [0.2, 0.25) is 0 Å². The maximum atomic E-state index is 6.70. The normalized spacial score (nSPS) is 13.1. The summed E-state index contributed by atoms with van der Waals surface area (Å²) in [5.41, 5.74) is 9.64. The molecule has 0 bridgehead atoms. The second-order valence-corrected chi connectivity index (χ2v) is 8.18. The molecule has 0 aliphatic carbocycles. The van der Waals surface area contributed by atoms with Crippen molar-refractivity contribution < 1.29 is 9.47 Å². The van der Waals surface area contributed by atoms with Gasteiger partial charge in [0.1, 0.15) is 32.7 Å². The van der Waals surface area contributed by atoms with Crippen molar-refractivity contribution in [3.8, 4) is 11.5 Å². The number of anilines is 2. The van der Waals surface area contributed by atoms with Gasteiger partial charge in [-0.25, -0.2) is 4.99 Å². The van der Waals surface area contributed by atoms with Crippen molar-refractivity contribution in [3.63, 3.8) is 0 Å². The highest BCUT2D eigenvalue weighted by molar-refractivity contribution is 9.10. The van der Waals surface area contributed by atoms with Crippen molar-refractivity contribution in [3.05, 3.63) is 68.4 Å². The predicted molar refractivity (Wildman–Crippen MR) is 125 cm³/mol.